The predicted molar refractivity (Wildman–Crippen MR) is 88.0 cm³/mol. The highest BCUT2D eigenvalue weighted by Crippen LogP contribution is 2.43. The lowest BCUT2D eigenvalue weighted by Gasteiger charge is -2.38. The zero-order valence-electron chi connectivity index (χ0n) is 12.3. The molecule has 3 unspecified atom stereocenters. The van der Waals surface area contributed by atoms with Crippen LogP contribution in [0.4, 0.5) is 0 Å². The van der Waals surface area contributed by atoms with E-state index in [9.17, 15) is 4.79 Å². The molecule has 1 nitrogen and oxygen atoms in total. The van der Waals surface area contributed by atoms with Gasteiger partial charge in [-0.3, -0.25) is 4.79 Å². The van der Waals surface area contributed by atoms with E-state index < -0.39 is 0 Å². The molecule has 0 spiro atoms. The van der Waals surface area contributed by atoms with E-state index in [1.807, 2.05) is 12.1 Å². The molecule has 2 fully saturated rings. The Morgan fingerprint density at radius 2 is 1.81 bits per heavy atom. The molecule has 3 heteroatoms. The second-order valence-electron chi connectivity index (χ2n) is 6.67. The molecule has 0 bridgehead atoms. The Morgan fingerprint density at radius 3 is 2.62 bits per heavy atom. The lowest BCUT2D eigenvalue weighted by atomic mass is 9.66. The molecule has 114 valence electrons. The van der Waals surface area contributed by atoms with Gasteiger partial charge in [0.2, 0.25) is 0 Å². The van der Waals surface area contributed by atoms with Gasteiger partial charge in [-0.05, 0) is 42.7 Å². The summed E-state index contributed by atoms with van der Waals surface area (Å²) in [5.74, 6) is 2.26. The lowest BCUT2D eigenvalue weighted by molar-refractivity contribution is -0.124. The lowest BCUT2D eigenvalue weighted by Crippen LogP contribution is -2.31. The molecule has 2 aliphatic rings. The molecule has 1 aromatic carbocycles. The van der Waals surface area contributed by atoms with Gasteiger partial charge in [0.15, 0.2) is 0 Å². The molecule has 0 aliphatic heterocycles. The fourth-order valence-corrected chi connectivity index (χ4v) is 4.57. The molecule has 0 aromatic heterocycles. The van der Waals surface area contributed by atoms with Crippen LogP contribution < -0.4 is 0 Å². The van der Waals surface area contributed by atoms with Crippen LogP contribution in [0.3, 0.4) is 0 Å². The molecular formula is C18H22Cl2O. The van der Waals surface area contributed by atoms with Crippen molar-refractivity contribution in [1.82, 2.24) is 0 Å². The third kappa shape index (κ3) is 3.46. The van der Waals surface area contributed by atoms with E-state index >= 15 is 0 Å². The maximum atomic E-state index is 12.6. The van der Waals surface area contributed by atoms with Crippen molar-refractivity contribution < 1.29 is 4.79 Å². The van der Waals surface area contributed by atoms with Crippen molar-refractivity contribution in [3.8, 4) is 0 Å². The maximum Gasteiger partial charge on any atom is 0.140 e. The summed E-state index contributed by atoms with van der Waals surface area (Å²) < 4.78 is 0. The number of carbonyl (C=O) groups is 1. The SMILES string of the molecule is O=C(Cc1cccc(Cl)c1Cl)C1CCC2CCCCC2C1. The minimum Gasteiger partial charge on any atom is -0.299 e. The number of benzene rings is 1. The summed E-state index contributed by atoms with van der Waals surface area (Å²) in [6.45, 7) is 0. The van der Waals surface area contributed by atoms with E-state index in [0.29, 0.717) is 22.2 Å². The van der Waals surface area contributed by atoms with Gasteiger partial charge < -0.3 is 0 Å². The first-order chi connectivity index (χ1) is 10.1. The van der Waals surface area contributed by atoms with Crippen molar-refractivity contribution in [2.45, 2.75) is 51.4 Å². The van der Waals surface area contributed by atoms with Crippen molar-refractivity contribution in [3.05, 3.63) is 33.8 Å². The number of ketones is 1. The van der Waals surface area contributed by atoms with Crippen LogP contribution in [0.2, 0.25) is 10.0 Å². The highest BCUT2D eigenvalue weighted by molar-refractivity contribution is 6.42. The molecule has 3 rings (SSSR count). The van der Waals surface area contributed by atoms with Gasteiger partial charge in [-0.2, -0.15) is 0 Å². The average Bonchev–Trinajstić information content (AvgIpc) is 2.51. The summed E-state index contributed by atoms with van der Waals surface area (Å²) in [6, 6.07) is 5.55. The first-order valence-corrected chi connectivity index (χ1v) is 8.86. The fourth-order valence-electron chi connectivity index (χ4n) is 4.18. The minimum atomic E-state index is 0.236. The fraction of sp³-hybridized carbons (Fsp3) is 0.611. The van der Waals surface area contributed by atoms with Crippen molar-refractivity contribution in [2.24, 2.45) is 17.8 Å². The zero-order valence-corrected chi connectivity index (χ0v) is 13.8. The highest BCUT2D eigenvalue weighted by Gasteiger charge is 2.34. The number of fused-ring (bicyclic) bond motifs is 1. The second-order valence-corrected chi connectivity index (χ2v) is 7.46. The zero-order chi connectivity index (χ0) is 14.8. The van der Waals surface area contributed by atoms with Crippen molar-refractivity contribution in [3.63, 3.8) is 0 Å². The first-order valence-electron chi connectivity index (χ1n) is 8.10. The summed E-state index contributed by atoms with van der Waals surface area (Å²) >= 11 is 12.2. The molecule has 0 saturated heterocycles. The molecule has 2 saturated carbocycles. The van der Waals surface area contributed by atoms with Crippen molar-refractivity contribution in [1.29, 1.82) is 0 Å². The van der Waals surface area contributed by atoms with Gasteiger partial charge in [-0.25, -0.2) is 0 Å². The third-order valence-electron chi connectivity index (χ3n) is 5.39. The minimum absolute atomic E-state index is 0.236. The summed E-state index contributed by atoms with van der Waals surface area (Å²) in [4.78, 5) is 12.6. The first kappa shape index (κ1) is 15.4. The van der Waals surface area contributed by atoms with Gasteiger partial charge in [0, 0.05) is 12.3 Å². The van der Waals surface area contributed by atoms with Crippen molar-refractivity contribution in [2.75, 3.05) is 0 Å². The Morgan fingerprint density at radius 1 is 1.05 bits per heavy atom. The van der Waals surface area contributed by atoms with E-state index in [4.69, 9.17) is 23.2 Å². The molecule has 1 aromatic rings. The normalized spacial score (nSPS) is 29.0. The standard InChI is InChI=1S/C18H22Cl2O/c19-16-7-3-6-15(18(16)20)11-17(21)14-9-8-12-4-1-2-5-13(12)10-14/h3,6-7,12-14H,1-2,4-5,8-11H2. The monoisotopic (exact) mass is 324 g/mol. The van der Waals surface area contributed by atoms with Crippen LogP contribution in [0.5, 0.6) is 0 Å². The number of Topliss-reactive ketones (excluding diaryl/α,β-unsaturated/α-hetero) is 1. The molecule has 2 aliphatic carbocycles. The number of hydrogen-bond acceptors (Lipinski definition) is 1. The van der Waals surface area contributed by atoms with Crippen LogP contribution in [0.1, 0.15) is 50.5 Å². The van der Waals surface area contributed by atoms with Gasteiger partial charge in [-0.1, -0.05) is 61.0 Å². The van der Waals surface area contributed by atoms with Crippen LogP contribution in [-0.2, 0) is 11.2 Å². The van der Waals surface area contributed by atoms with Gasteiger partial charge in [0.25, 0.3) is 0 Å². The van der Waals surface area contributed by atoms with Crippen LogP contribution in [-0.4, -0.2) is 5.78 Å². The Bertz CT molecular complexity index is 526. The van der Waals surface area contributed by atoms with E-state index in [1.54, 1.807) is 6.07 Å². The molecule has 0 amide bonds. The van der Waals surface area contributed by atoms with Crippen LogP contribution >= 0.6 is 23.2 Å². The molecule has 21 heavy (non-hydrogen) atoms. The van der Waals surface area contributed by atoms with Crippen LogP contribution in [0.15, 0.2) is 18.2 Å². The van der Waals surface area contributed by atoms with E-state index in [2.05, 4.69) is 0 Å². The maximum absolute atomic E-state index is 12.6. The van der Waals surface area contributed by atoms with Gasteiger partial charge in [0.1, 0.15) is 5.78 Å². The number of hydrogen-bond donors (Lipinski definition) is 0. The Hall–Kier alpha value is -0.530. The molecule has 0 heterocycles. The second kappa shape index (κ2) is 6.71. The average molecular weight is 325 g/mol. The molecule has 3 atom stereocenters. The largest absolute Gasteiger partial charge is 0.299 e. The summed E-state index contributed by atoms with van der Waals surface area (Å²) in [6.07, 6.45) is 9.28. The van der Waals surface area contributed by atoms with Gasteiger partial charge in [-0.15, -0.1) is 0 Å². The molecular weight excluding hydrogens is 303 g/mol. The van der Waals surface area contributed by atoms with E-state index in [0.717, 1.165) is 30.2 Å². The smallest absolute Gasteiger partial charge is 0.140 e. The Balaban J connectivity index is 1.64. The Kier molecular flexibility index (Phi) is 4.91. The predicted octanol–water partition coefficient (Wildman–Crippen LogP) is 5.71. The van der Waals surface area contributed by atoms with E-state index in [1.165, 1.54) is 32.1 Å². The topological polar surface area (TPSA) is 17.1 Å². The van der Waals surface area contributed by atoms with E-state index in [-0.39, 0.29) is 5.92 Å². The quantitative estimate of drug-likeness (QED) is 0.695. The summed E-state index contributed by atoms with van der Waals surface area (Å²) in [5, 5.41) is 1.08. The summed E-state index contributed by atoms with van der Waals surface area (Å²) in [5.41, 5.74) is 0.875. The van der Waals surface area contributed by atoms with Crippen molar-refractivity contribution >= 4 is 29.0 Å². The number of rotatable bonds is 3. The number of halogens is 2. The highest BCUT2D eigenvalue weighted by atomic mass is 35.5. The molecule has 0 N–H and O–H groups in total. The van der Waals surface area contributed by atoms with Crippen LogP contribution in [0.25, 0.3) is 0 Å². The third-order valence-corrected chi connectivity index (χ3v) is 6.25. The summed E-state index contributed by atoms with van der Waals surface area (Å²) in [7, 11) is 0. The number of carbonyl (C=O) groups excluding carboxylic acids is 1. The molecule has 0 radical (unpaired) electrons. The Labute approximate surface area is 137 Å². The van der Waals surface area contributed by atoms with Gasteiger partial charge in [0.05, 0.1) is 10.0 Å². The van der Waals surface area contributed by atoms with Crippen LogP contribution in [0, 0.1) is 17.8 Å². The van der Waals surface area contributed by atoms with Gasteiger partial charge >= 0.3 is 0 Å².